The van der Waals surface area contributed by atoms with Gasteiger partial charge in [-0.2, -0.15) is 0 Å². The van der Waals surface area contributed by atoms with Crippen LogP contribution in [-0.4, -0.2) is 23.5 Å². The molecule has 2 N–H and O–H groups in total. The number of carbonyl (C=O) groups excluding carboxylic acids is 1. The molecule has 0 saturated carbocycles. The first-order valence-electron chi connectivity index (χ1n) is 8.07. The Morgan fingerprint density at radius 3 is 2.83 bits per heavy atom. The molecule has 1 saturated heterocycles. The third kappa shape index (κ3) is 6.85. The summed E-state index contributed by atoms with van der Waals surface area (Å²) >= 11 is 1.45. The van der Waals surface area contributed by atoms with Gasteiger partial charge in [-0.25, -0.2) is 4.98 Å². The van der Waals surface area contributed by atoms with Crippen LogP contribution >= 0.6 is 23.7 Å². The molecular weight excluding hydrogens is 330 g/mol. The molecule has 1 atom stereocenters. The second-order valence-electron chi connectivity index (χ2n) is 4.80. The molecule has 0 aliphatic carbocycles. The van der Waals surface area contributed by atoms with Gasteiger partial charge in [0.05, 0.1) is 11.7 Å². The molecule has 0 bridgehead atoms. The van der Waals surface area contributed by atoms with Gasteiger partial charge < -0.3 is 10.6 Å². The Morgan fingerprint density at radius 1 is 1.52 bits per heavy atom. The van der Waals surface area contributed by atoms with E-state index in [1.54, 1.807) is 6.08 Å². The predicted octanol–water partition coefficient (Wildman–Crippen LogP) is 4.65. The van der Waals surface area contributed by atoms with Gasteiger partial charge in [-0.15, -0.1) is 23.7 Å². The quantitative estimate of drug-likeness (QED) is 0.754. The molecule has 2 rings (SSSR count). The molecule has 0 aromatic carbocycles. The van der Waals surface area contributed by atoms with Crippen LogP contribution in [0.25, 0.3) is 5.57 Å². The number of nitrogens with one attached hydrogen (secondary N) is 2. The largest absolute Gasteiger partial charge is 0.306 e. The second kappa shape index (κ2) is 12.3. The summed E-state index contributed by atoms with van der Waals surface area (Å²) in [4.78, 5) is 16.6. The summed E-state index contributed by atoms with van der Waals surface area (Å²) in [6.45, 7) is 10.8. The Hall–Kier alpha value is -1.17. The standard InChI is InChI=1S/C15H21N3OS.C2H6.ClH/c1-3-7-11(4-2)13-10-20-15(17-13)18-14(19)12-8-5-6-9-16-12;1-2;/h4,7,10,12,16H,2-3,5-6,8-9H2,1H3,(H,17,18,19);1-2H3;1H/b11-7+;;. The predicted molar refractivity (Wildman–Crippen MR) is 103 cm³/mol. The van der Waals surface area contributed by atoms with Crippen molar-refractivity contribution in [2.75, 3.05) is 11.9 Å². The van der Waals surface area contributed by atoms with Crippen molar-refractivity contribution < 1.29 is 4.79 Å². The van der Waals surface area contributed by atoms with Crippen molar-refractivity contribution in [1.82, 2.24) is 10.3 Å². The SMILES string of the molecule is C=C/C(=C\CC)c1csc(NC(=O)C2CCCCN2)n1.CC.Cl. The maximum absolute atomic E-state index is 12.1. The van der Waals surface area contributed by atoms with Gasteiger partial charge in [0.25, 0.3) is 0 Å². The molecule has 1 aliphatic heterocycles. The van der Waals surface area contributed by atoms with E-state index < -0.39 is 0 Å². The number of hydrogen-bond acceptors (Lipinski definition) is 4. The number of amides is 1. The Balaban J connectivity index is 0.00000155. The van der Waals surface area contributed by atoms with Crippen LogP contribution in [0.15, 0.2) is 24.1 Å². The van der Waals surface area contributed by atoms with E-state index in [2.05, 4.69) is 35.2 Å². The van der Waals surface area contributed by atoms with Crippen LogP contribution in [0.2, 0.25) is 0 Å². The van der Waals surface area contributed by atoms with Crippen molar-refractivity contribution in [2.45, 2.75) is 52.5 Å². The summed E-state index contributed by atoms with van der Waals surface area (Å²) in [7, 11) is 0. The summed E-state index contributed by atoms with van der Waals surface area (Å²) in [6, 6.07) is -0.0823. The van der Waals surface area contributed by atoms with Crippen molar-refractivity contribution in [1.29, 1.82) is 0 Å². The molecule has 0 radical (unpaired) electrons. The Bertz CT molecular complexity index is 508. The van der Waals surface area contributed by atoms with Crippen molar-refractivity contribution in [3.8, 4) is 0 Å². The maximum Gasteiger partial charge on any atom is 0.243 e. The third-order valence-electron chi connectivity index (χ3n) is 3.30. The number of hydrogen-bond donors (Lipinski definition) is 2. The lowest BCUT2D eigenvalue weighted by atomic mass is 10.0. The van der Waals surface area contributed by atoms with E-state index in [-0.39, 0.29) is 24.4 Å². The number of thiazole rings is 1. The molecule has 1 aromatic rings. The monoisotopic (exact) mass is 357 g/mol. The maximum atomic E-state index is 12.1. The normalized spacial score (nSPS) is 17.3. The van der Waals surface area contributed by atoms with Gasteiger partial charge >= 0.3 is 0 Å². The minimum absolute atomic E-state index is 0. The van der Waals surface area contributed by atoms with Gasteiger partial charge in [0.1, 0.15) is 0 Å². The van der Waals surface area contributed by atoms with Crippen molar-refractivity contribution in [3.63, 3.8) is 0 Å². The highest BCUT2D eigenvalue weighted by atomic mass is 35.5. The van der Waals surface area contributed by atoms with E-state index in [9.17, 15) is 4.79 Å². The molecule has 130 valence electrons. The van der Waals surface area contributed by atoms with Crippen LogP contribution in [0.4, 0.5) is 5.13 Å². The van der Waals surface area contributed by atoms with Crippen LogP contribution in [-0.2, 0) is 4.79 Å². The number of halogens is 1. The first-order chi connectivity index (χ1) is 10.7. The molecule has 23 heavy (non-hydrogen) atoms. The topological polar surface area (TPSA) is 54.0 Å². The summed E-state index contributed by atoms with van der Waals surface area (Å²) < 4.78 is 0. The molecule has 1 aliphatic rings. The lowest BCUT2D eigenvalue weighted by molar-refractivity contribution is -0.118. The highest BCUT2D eigenvalue weighted by molar-refractivity contribution is 7.14. The Kier molecular flexibility index (Phi) is 11.7. The molecule has 4 nitrogen and oxygen atoms in total. The number of nitrogens with zero attached hydrogens (tertiary/aromatic N) is 1. The number of aromatic nitrogens is 1. The third-order valence-corrected chi connectivity index (χ3v) is 4.06. The van der Waals surface area contributed by atoms with Crippen LogP contribution in [0.1, 0.15) is 52.1 Å². The van der Waals surface area contributed by atoms with Crippen LogP contribution in [0.5, 0.6) is 0 Å². The fourth-order valence-electron chi connectivity index (χ4n) is 2.24. The zero-order valence-electron chi connectivity index (χ0n) is 14.2. The summed E-state index contributed by atoms with van der Waals surface area (Å²) in [5, 5.41) is 8.74. The van der Waals surface area contributed by atoms with Crippen LogP contribution in [0.3, 0.4) is 0 Å². The molecular formula is C17H28ClN3OS. The van der Waals surface area contributed by atoms with Gasteiger partial charge in [-0.3, -0.25) is 4.79 Å². The van der Waals surface area contributed by atoms with E-state index in [0.29, 0.717) is 5.13 Å². The summed E-state index contributed by atoms with van der Waals surface area (Å²) in [6.07, 6.45) is 7.97. The fraction of sp³-hybridized carbons (Fsp3) is 0.529. The molecule has 6 heteroatoms. The highest BCUT2D eigenvalue weighted by Crippen LogP contribution is 2.23. The molecule has 1 amide bonds. The molecule has 1 fully saturated rings. The average molecular weight is 358 g/mol. The molecule has 0 spiro atoms. The molecule has 2 heterocycles. The van der Waals surface area contributed by atoms with Crippen molar-refractivity contribution in [3.05, 3.63) is 29.8 Å². The van der Waals surface area contributed by atoms with Crippen molar-refractivity contribution >= 4 is 40.4 Å². The fourth-order valence-corrected chi connectivity index (χ4v) is 2.97. The zero-order valence-corrected chi connectivity index (χ0v) is 15.9. The average Bonchev–Trinajstić information content (AvgIpc) is 3.03. The lowest BCUT2D eigenvalue weighted by Gasteiger charge is -2.21. The smallest absolute Gasteiger partial charge is 0.243 e. The lowest BCUT2D eigenvalue weighted by Crippen LogP contribution is -2.43. The van der Waals surface area contributed by atoms with Gasteiger partial charge in [0, 0.05) is 5.38 Å². The number of carbonyl (C=O) groups is 1. The molecule has 1 unspecified atom stereocenters. The summed E-state index contributed by atoms with van der Waals surface area (Å²) in [5.74, 6) is 0.0187. The molecule has 1 aromatic heterocycles. The minimum atomic E-state index is -0.0823. The number of allylic oxidation sites excluding steroid dienone is 3. The van der Waals surface area contributed by atoms with Gasteiger partial charge in [-0.1, -0.05) is 45.9 Å². The highest BCUT2D eigenvalue weighted by Gasteiger charge is 2.21. The first kappa shape index (κ1) is 21.8. The van der Waals surface area contributed by atoms with Crippen LogP contribution in [0, 0.1) is 0 Å². The first-order valence-corrected chi connectivity index (χ1v) is 8.95. The number of anilines is 1. The Morgan fingerprint density at radius 2 is 2.26 bits per heavy atom. The Labute approximate surface area is 149 Å². The second-order valence-corrected chi connectivity index (χ2v) is 5.66. The van der Waals surface area contributed by atoms with Crippen LogP contribution < -0.4 is 10.6 Å². The van der Waals surface area contributed by atoms with E-state index in [4.69, 9.17) is 0 Å². The van der Waals surface area contributed by atoms with Gasteiger partial charge in [-0.05, 0) is 31.4 Å². The van der Waals surface area contributed by atoms with E-state index in [0.717, 1.165) is 43.5 Å². The van der Waals surface area contributed by atoms with E-state index >= 15 is 0 Å². The number of piperidine rings is 1. The van der Waals surface area contributed by atoms with E-state index in [1.165, 1.54) is 11.3 Å². The van der Waals surface area contributed by atoms with Crippen molar-refractivity contribution in [2.24, 2.45) is 0 Å². The minimum Gasteiger partial charge on any atom is -0.306 e. The van der Waals surface area contributed by atoms with Gasteiger partial charge in [0.15, 0.2) is 5.13 Å². The summed E-state index contributed by atoms with van der Waals surface area (Å²) in [5.41, 5.74) is 1.89. The van der Waals surface area contributed by atoms with E-state index in [1.807, 2.05) is 19.2 Å². The number of rotatable bonds is 5. The van der Waals surface area contributed by atoms with Gasteiger partial charge in [0.2, 0.25) is 5.91 Å². The zero-order chi connectivity index (χ0) is 16.4.